The van der Waals surface area contributed by atoms with E-state index in [2.05, 4.69) is 16.8 Å². The molecule has 0 aliphatic carbocycles. The Bertz CT molecular complexity index is 637. The molecule has 3 rings (SSSR count). The zero-order valence-corrected chi connectivity index (χ0v) is 11.2. The molecule has 0 amide bonds. The van der Waals surface area contributed by atoms with Gasteiger partial charge in [-0.2, -0.15) is 4.98 Å². The number of hydrogen-bond donors (Lipinski definition) is 1. The molecule has 1 aromatic heterocycles. The zero-order valence-electron chi connectivity index (χ0n) is 11.2. The molecule has 0 radical (unpaired) electrons. The Kier molecular flexibility index (Phi) is 3.31. The Labute approximate surface area is 116 Å². The second kappa shape index (κ2) is 5.13. The van der Waals surface area contributed by atoms with Crippen LogP contribution in [0.25, 0.3) is 11.1 Å². The van der Waals surface area contributed by atoms with Gasteiger partial charge in [0.15, 0.2) is 5.58 Å². The van der Waals surface area contributed by atoms with Gasteiger partial charge in [-0.25, -0.2) is 4.79 Å². The molecule has 6 heteroatoms. The van der Waals surface area contributed by atoms with E-state index in [9.17, 15) is 9.90 Å². The maximum Gasteiger partial charge on any atom is 0.338 e. The Morgan fingerprint density at radius 1 is 1.55 bits per heavy atom. The quantitative estimate of drug-likeness (QED) is 0.925. The van der Waals surface area contributed by atoms with E-state index in [1.54, 1.807) is 12.1 Å². The van der Waals surface area contributed by atoms with Gasteiger partial charge in [-0.1, -0.05) is 13.0 Å². The molecule has 0 spiro atoms. The molecular weight excluding hydrogens is 260 g/mol. The topological polar surface area (TPSA) is 75.8 Å². The fourth-order valence-electron chi connectivity index (χ4n) is 2.48. The van der Waals surface area contributed by atoms with Gasteiger partial charge < -0.3 is 19.2 Å². The molecule has 1 fully saturated rings. The van der Waals surface area contributed by atoms with Gasteiger partial charge in [0.05, 0.1) is 24.8 Å². The number of aromatic carboxylic acids is 1. The number of para-hydroxylation sites is 1. The number of oxazole rings is 1. The highest BCUT2D eigenvalue weighted by molar-refractivity contribution is 6.00. The van der Waals surface area contributed by atoms with E-state index in [-0.39, 0.29) is 11.6 Å². The van der Waals surface area contributed by atoms with Crippen LogP contribution in [0.15, 0.2) is 22.6 Å². The third-order valence-corrected chi connectivity index (χ3v) is 3.58. The fourth-order valence-corrected chi connectivity index (χ4v) is 2.48. The molecule has 20 heavy (non-hydrogen) atoms. The maximum absolute atomic E-state index is 11.2. The van der Waals surface area contributed by atoms with Crippen LogP contribution in [0.4, 0.5) is 6.01 Å². The van der Waals surface area contributed by atoms with Crippen LogP contribution in [0.2, 0.25) is 0 Å². The van der Waals surface area contributed by atoms with Crippen LogP contribution < -0.4 is 4.90 Å². The Morgan fingerprint density at radius 2 is 2.40 bits per heavy atom. The van der Waals surface area contributed by atoms with Gasteiger partial charge in [-0.05, 0) is 18.6 Å². The highest BCUT2D eigenvalue weighted by Crippen LogP contribution is 2.27. The largest absolute Gasteiger partial charge is 0.478 e. The summed E-state index contributed by atoms with van der Waals surface area (Å²) in [6.45, 7) is 4.05. The summed E-state index contributed by atoms with van der Waals surface area (Å²) in [5.74, 6) is -0.996. The van der Waals surface area contributed by atoms with Crippen molar-refractivity contribution in [3.05, 3.63) is 23.8 Å². The monoisotopic (exact) mass is 276 g/mol. The fraction of sp³-hybridized carbons (Fsp3) is 0.429. The number of hydrogen-bond acceptors (Lipinski definition) is 5. The van der Waals surface area contributed by atoms with Crippen molar-refractivity contribution in [2.24, 2.45) is 0 Å². The second-order valence-corrected chi connectivity index (χ2v) is 4.78. The normalized spacial score (nSPS) is 19.4. The Balaban J connectivity index is 2.04. The molecule has 6 nitrogen and oxygen atoms in total. The minimum absolute atomic E-state index is 0.166. The summed E-state index contributed by atoms with van der Waals surface area (Å²) < 4.78 is 11.2. The van der Waals surface area contributed by atoms with Gasteiger partial charge in [-0.3, -0.25) is 0 Å². The first-order valence-electron chi connectivity index (χ1n) is 6.68. The van der Waals surface area contributed by atoms with Crippen LogP contribution in [-0.2, 0) is 4.74 Å². The van der Waals surface area contributed by atoms with E-state index in [0.717, 1.165) is 6.42 Å². The first-order chi connectivity index (χ1) is 9.70. The molecule has 2 aromatic rings. The molecule has 1 atom stereocenters. The molecule has 1 aliphatic rings. The predicted molar refractivity (Wildman–Crippen MR) is 73.2 cm³/mol. The van der Waals surface area contributed by atoms with Crippen LogP contribution in [0.3, 0.4) is 0 Å². The number of aromatic nitrogens is 1. The maximum atomic E-state index is 11.2. The summed E-state index contributed by atoms with van der Waals surface area (Å²) in [6, 6.07) is 5.62. The molecule has 1 N–H and O–H groups in total. The average Bonchev–Trinajstić information content (AvgIpc) is 2.90. The van der Waals surface area contributed by atoms with E-state index in [0.29, 0.717) is 36.9 Å². The second-order valence-electron chi connectivity index (χ2n) is 4.78. The summed E-state index contributed by atoms with van der Waals surface area (Å²) in [7, 11) is 0. The molecule has 2 heterocycles. The van der Waals surface area contributed by atoms with Crippen LogP contribution >= 0.6 is 0 Å². The van der Waals surface area contributed by atoms with Crippen molar-refractivity contribution in [1.82, 2.24) is 4.98 Å². The highest BCUT2D eigenvalue weighted by Gasteiger charge is 2.26. The lowest BCUT2D eigenvalue weighted by Crippen LogP contribution is -2.45. The van der Waals surface area contributed by atoms with Crippen molar-refractivity contribution in [3.8, 4) is 0 Å². The van der Waals surface area contributed by atoms with E-state index in [1.165, 1.54) is 6.07 Å². The van der Waals surface area contributed by atoms with Crippen molar-refractivity contribution in [1.29, 1.82) is 0 Å². The zero-order chi connectivity index (χ0) is 14.1. The molecule has 0 saturated carbocycles. The third kappa shape index (κ3) is 2.12. The first-order valence-corrected chi connectivity index (χ1v) is 6.68. The average molecular weight is 276 g/mol. The van der Waals surface area contributed by atoms with E-state index in [4.69, 9.17) is 9.15 Å². The van der Waals surface area contributed by atoms with Gasteiger partial charge in [0.25, 0.3) is 6.01 Å². The molecule has 1 aliphatic heterocycles. The number of carboxylic acid groups (broad SMARTS) is 1. The predicted octanol–water partition coefficient (Wildman–Crippen LogP) is 2.14. The summed E-state index contributed by atoms with van der Waals surface area (Å²) in [5.41, 5.74) is 1.07. The minimum Gasteiger partial charge on any atom is -0.478 e. The summed E-state index contributed by atoms with van der Waals surface area (Å²) in [4.78, 5) is 17.6. The van der Waals surface area contributed by atoms with E-state index in [1.807, 2.05) is 0 Å². The molecular formula is C14H16N2O4. The number of fused-ring (bicyclic) bond motifs is 1. The molecule has 0 bridgehead atoms. The van der Waals surface area contributed by atoms with Crippen LogP contribution in [-0.4, -0.2) is 41.9 Å². The minimum atomic E-state index is -0.996. The van der Waals surface area contributed by atoms with Crippen molar-refractivity contribution in [2.45, 2.75) is 19.4 Å². The number of anilines is 1. The van der Waals surface area contributed by atoms with Gasteiger partial charge in [0, 0.05) is 6.54 Å². The van der Waals surface area contributed by atoms with Gasteiger partial charge in [0.2, 0.25) is 0 Å². The number of rotatable bonds is 3. The van der Waals surface area contributed by atoms with Crippen LogP contribution in [0, 0.1) is 0 Å². The highest BCUT2D eigenvalue weighted by atomic mass is 16.5. The number of benzene rings is 1. The first kappa shape index (κ1) is 12.9. The number of morpholine rings is 1. The summed E-state index contributed by atoms with van der Waals surface area (Å²) in [5, 5.41) is 9.19. The SMILES string of the molecule is CCC1COCCN1c1nc2c(C(=O)O)cccc2o1. The van der Waals surface area contributed by atoms with Crippen molar-refractivity contribution in [2.75, 3.05) is 24.7 Å². The van der Waals surface area contributed by atoms with Crippen molar-refractivity contribution in [3.63, 3.8) is 0 Å². The third-order valence-electron chi connectivity index (χ3n) is 3.58. The van der Waals surface area contributed by atoms with Crippen molar-refractivity contribution < 1.29 is 19.1 Å². The van der Waals surface area contributed by atoms with Crippen LogP contribution in [0.5, 0.6) is 0 Å². The number of nitrogens with zero attached hydrogens (tertiary/aromatic N) is 2. The summed E-state index contributed by atoms with van der Waals surface area (Å²) >= 11 is 0. The van der Waals surface area contributed by atoms with Gasteiger partial charge in [0.1, 0.15) is 5.52 Å². The smallest absolute Gasteiger partial charge is 0.338 e. The lowest BCUT2D eigenvalue weighted by molar-refractivity contribution is 0.0698. The van der Waals surface area contributed by atoms with E-state index >= 15 is 0 Å². The Morgan fingerprint density at radius 3 is 3.15 bits per heavy atom. The lowest BCUT2D eigenvalue weighted by Gasteiger charge is -2.33. The lowest BCUT2D eigenvalue weighted by atomic mass is 10.2. The van der Waals surface area contributed by atoms with Crippen LogP contribution in [0.1, 0.15) is 23.7 Å². The van der Waals surface area contributed by atoms with E-state index < -0.39 is 5.97 Å². The summed E-state index contributed by atoms with van der Waals surface area (Å²) in [6.07, 6.45) is 0.921. The standard InChI is InChI=1S/C14H16N2O4/c1-2-9-8-19-7-6-16(9)14-15-12-10(13(17)18)4-3-5-11(12)20-14/h3-5,9H,2,6-8H2,1H3,(H,17,18). The van der Waals surface area contributed by atoms with Gasteiger partial charge in [-0.15, -0.1) is 0 Å². The molecule has 1 saturated heterocycles. The number of carboxylic acids is 1. The number of ether oxygens (including phenoxy) is 1. The van der Waals surface area contributed by atoms with Gasteiger partial charge >= 0.3 is 5.97 Å². The molecule has 1 unspecified atom stereocenters. The molecule has 106 valence electrons. The number of carbonyl (C=O) groups is 1. The Hall–Kier alpha value is -2.08. The molecule has 1 aromatic carbocycles. The van der Waals surface area contributed by atoms with Crippen molar-refractivity contribution >= 4 is 23.1 Å².